The van der Waals surface area contributed by atoms with Gasteiger partial charge in [-0.3, -0.25) is 25.3 Å². The molecule has 7 heteroatoms. The minimum Gasteiger partial charge on any atom is -0.396 e. The van der Waals surface area contributed by atoms with Crippen LogP contribution in [-0.2, 0) is 4.79 Å². The van der Waals surface area contributed by atoms with E-state index in [0.29, 0.717) is 23.9 Å². The van der Waals surface area contributed by atoms with E-state index < -0.39 is 0 Å². The zero-order valence-corrected chi connectivity index (χ0v) is 12.7. The third-order valence-electron chi connectivity index (χ3n) is 3.60. The first-order valence-electron chi connectivity index (χ1n) is 7.18. The van der Waals surface area contributed by atoms with E-state index in [4.69, 9.17) is 5.11 Å². The average Bonchev–Trinajstić information content (AvgIpc) is 2.94. The van der Waals surface area contributed by atoms with Crippen LogP contribution >= 0.6 is 11.3 Å². The number of aliphatic hydroxyl groups excluding tert-OH is 1. The second-order valence-corrected chi connectivity index (χ2v) is 6.06. The number of carbonyl (C=O) groups is 2. The highest BCUT2D eigenvalue weighted by Crippen LogP contribution is 2.24. The highest BCUT2D eigenvalue weighted by atomic mass is 32.1. The van der Waals surface area contributed by atoms with Crippen molar-refractivity contribution in [3.05, 3.63) is 22.4 Å². The fourth-order valence-corrected chi connectivity index (χ4v) is 2.86. The Hall–Kier alpha value is -1.44. The van der Waals surface area contributed by atoms with Crippen LogP contribution in [0.1, 0.15) is 35.4 Å². The first kappa shape index (κ1) is 15.9. The van der Waals surface area contributed by atoms with Crippen LogP contribution in [0.2, 0.25) is 0 Å². The lowest BCUT2D eigenvalue weighted by molar-refractivity contribution is -0.124. The molecule has 0 bridgehead atoms. The van der Waals surface area contributed by atoms with E-state index in [0.717, 1.165) is 12.8 Å². The predicted octanol–water partition coefficient (Wildman–Crippen LogP) is 0.746. The number of carbonyl (C=O) groups excluding carboxylic acids is 2. The van der Waals surface area contributed by atoms with Crippen LogP contribution in [0.5, 0.6) is 0 Å². The summed E-state index contributed by atoms with van der Waals surface area (Å²) in [5.74, 6) is -0.534. The topological polar surface area (TPSA) is 81.7 Å². The zero-order chi connectivity index (χ0) is 15.1. The van der Waals surface area contributed by atoms with Crippen LogP contribution in [-0.4, -0.2) is 47.6 Å². The second-order valence-electron chi connectivity index (χ2n) is 5.11. The van der Waals surface area contributed by atoms with Gasteiger partial charge in [-0.2, -0.15) is 0 Å². The van der Waals surface area contributed by atoms with Gasteiger partial charge in [0.25, 0.3) is 11.8 Å². The van der Waals surface area contributed by atoms with Crippen LogP contribution in [0, 0.1) is 0 Å². The van der Waals surface area contributed by atoms with E-state index in [9.17, 15) is 9.59 Å². The lowest BCUT2D eigenvalue weighted by Crippen LogP contribution is -2.50. The van der Waals surface area contributed by atoms with E-state index in [-0.39, 0.29) is 25.0 Å². The summed E-state index contributed by atoms with van der Waals surface area (Å²) in [5.41, 5.74) is 4.86. The van der Waals surface area contributed by atoms with E-state index >= 15 is 0 Å². The quantitative estimate of drug-likeness (QED) is 0.649. The lowest BCUT2D eigenvalue weighted by Gasteiger charge is -2.37. The summed E-state index contributed by atoms with van der Waals surface area (Å²) in [6.45, 7) is 1.07. The number of hydrazine groups is 1. The van der Waals surface area contributed by atoms with Crippen LogP contribution in [0.15, 0.2) is 17.5 Å². The fourth-order valence-electron chi connectivity index (χ4n) is 2.24. The average molecular weight is 311 g/mol. The maximum Gasteiger partial charge on any atom is 0.279 e. The Balaban J connectivity index is 1.74. The molecular weight excluding hydrogens is 290 g/mol. The van der Waals surface area contributed by atoms with Crippen LogP contribution < -0.4 is 10.9 Å². The van der Waals surface area contributed by atoms with Crippen molar-refractivity contribution < 1.29 is 14.7 Å². The van der Waals surface area contributed by atoms with Crippen molar-refractivity contribution in [1.82, 2.24) is 15.8 Å². The Morgan fingerprint density at radius 1 is 1.38 bits per heavy atom. The van der Waals surface area contributed by atoms with E-state index in [1.807, 2.05) is 5.38 Å². The Labute approximate surface area is 128 Å². The Morgan fingerprint density at radius 3 is 2.76 bits per heavy atom. The molecule has 2 amide bonds. The van der Waals surface area contributed by atoms with Crippen molar-refractivity contribution in [2.75, 3.05) is 19.7 Å². The molecule has 1 aliphatic carbocycles. The summed E-state index contributed by atoms with van der Waals surface area (Å²) in [7, 11) is 0. The molecule has 1 aromatic heterocycles. The standard InChI is InChI=1S/C14H21N3O3S/c18-8-3-7-17(11-4-1-5-11)10-13(19)15-16-14(20)12-6-2-9-21-12/h2,6,9,11,18H,1,3-5,7-8,10H2,(H,15,19)(H,16,20). The monoisotopic (exact) mass is 311 g/mol. The van der Waals surface area contributed by atoms with Gasteiger partial charge >= 0.3 is 0 Å². The molecule has 116 valence electrons. The molecule has 0 aromatic carbocycles. The third kappa shape index (κ3) is 4.80. The molecule has 21 heavy (non-hydrogen) atoms. The molecule has 6 nitrogen and oxygen atoms in total. The van der Waals surface area contributed by atoms with Gasteiger partial charge in [-0.05, 0) is 30.7 Å². The van der Waals surface area contributed by atoms with E-state index in [1.165, 1.54) is 17.8 Å². The third-order valence-corrected chi connectivity index (χ3v) is 4.47. The van der Waals surface area contributed by atoms with Gasteiger partial charge < -0.3 is 5.11 Å². The molecule has 0 spiro atoms. The molecule has 0 aliphatic heterocycles. The highest BCUT2D eigenvalue weighted by molar-refractivity contribution is 7.12. The SMILES string of the molecule is O=C(CN(CCCO)C1CCC1)NNC(=O)c1cccs1. The Bertz CT molecular complexity index is 460. The molecule has 1 heterocycles. The summed E-state index contributed by atoms with van der Waals surface area (Å²) >= 11 is 1.32. The number of hydrogen-bond acceptors (Lipinski definition) is 5. The molecule has 0 unspecified atom stereocenters. The molecule has 2 rings (SSSR count). The van der Waals surface area contributed by atoms with Gasteiger partial charge in [-0.25, -0.2) is 0 Å². The maximum atomic E-state index is 11.9. The normalized spacial score (nSPS) is 14.8. The second kappa shape index (κ2) is 8.11. The van der Waals surface area contributed by atoms with Gasteiger partial charge in [0.1, 0.15) is 0 Å². The number of aliphatic hydroxyl groups is 1. The number of nitrogens with zero attached hydrogens (tertiary/aromatic N) is 1. The molecule has 0 saturated heterocycles. The smallest absolute Gasteiger partial charge is 0.279 e. The number of hydrogen-bond donors (Lipinski definition) is 3. The van der Waals surface area contributed by atoms with Crippen molar-refractivity contribution in [2.45, 2.75) is 31.7 Å². The summed E-state index contributed by atoms with van der Waals surface area (Å²) in [6, 6.07) is 3.91. The van der Waals surface area contributed by atoms with Gasteiger partial charge in [-0.15, -0.1) is 11.3 Å². The molecule has 0 radical (unpaired) electrons. The number of nitrogens with one attached hydrogen (secondary N) is 2. The van der Waals surface area contributed by atoms with E-state index in [1.54, 1.807) is 12.1 Å². The van der Waals surface area contributed by atoms with Crippen molar-refractivity contribution in [1.29, 1.82) is 0 Å². The molecular formula is C14H21N3O3S. The van der Waals surface area contributed by atoms with Gasteiger partial charge in [0, 0.05) is 19.2 Å². The minimum absolute atomic E-state index is 0.125. The van der Waals surface area contributed by atoms with Crippen LogP contribution in [0.4, 0.5) is 0 Å². The van der Waals surface area contributed by atoms with Gasteiger partial charge in [0.2, 0.25) is 0 Å². The molecule has 1 aromatic rings. The first-order chi connectivity index (χ1) is 10.2. The first-order valence-corrected chi connectivity index (χ1v) is 8.06. The molecule has 1 fully saturated rings. The molecule has 0 atom stereocenters. The lowest BCUT2D eigenvalue weighted by atomic mass is 9.91. The van der Waals surface area contributed by atoms with Crippen molar-refractivity contribution >= 4 is 23.2 Å². The number of amides is 2. The fraction of sp³-hybridized carbons (Fsp3) is 0.571. The largest absolute Gasteiger partial charge is 0.396 e. The Morgan fingerprint density at radius 2 is 2.19 bits per heavy atom. The maximum absolute atomic E-state index is 11.9. The van der Waals surface area contributed by atoms with Crippen LogP contribution in [0.25, 0.3) is 0 Å². The van der Waals surface area contributed by atoms with Crippen molar-refractivity contribution in [3.8, 4) is 0 Å². The summed E-state index contributed by atoms with van der Waals surface area (Å²) < 4.78 is 0. The summed E-state index contributed by atoms with van der Waals surface area (Å²) in [6.07, 6.45) is 4.04. The number of thiophene rings is 1. The predicted molar refractivity (Wildman–Crippen MR) is 80.8 cm³/mol. The van der Waals surface area contributed by atoms with E-state index in [2.05, 4.69) is 15.8 Å². The minimum atomic E-state index is -0.302. The summed E-state index contributed by atoms with van der Waals surface area (Å²) in [5, 5.41) is 10.7. The number of rotatable bonds is 7. The highest BCUT2D eigenvalue weighted by Gasteiger charge is 2.26. The van der Waals surface area contributed by atoms with Gasteiger partial charge in [0.05, 0.1) is 11.4 Å². The molecule has 3 N–H and O–H groups in total. The zero-order valence-electron chi connectivity index (χ0n) is 11.9. The van der Waals surface area contributed by atoms with Crippen molar-refractivity contribution in [3.63, 3.8) is 0 Å². The van der Waals surface area contributed by atoms with Gasteiger partial charge in [0.15, 0.2) is 0 Å². The van der Waals surface area contributed by atoms with Crippen molar-refractivity contribution in [2.24, 2.45) is 0 Å². The molecule has 1 saturated carbocycles. The molecule has 1 aliphatic rings. The Kier molecular flexibility index (Phi) is 6.16. The van der Waals surface area contributed by atoms with Crippen LogP contribution in [0.3, 0.4) is 0 Å². The van der Waals surface area contributed by atoms with Gasteiger partial charge in [-0.1, -0.05) is 12.5 Å². The summed E-state index contributed by atoms with van der Waals surface area (Å²) in [4.78, 5) is 26.3.